The molecule has 0 saturated carbocycles. The van der Waals surface area contributed by atoms with E-state index >= 15 is 0 Å². The summed E-state index contributed by atoms with van der Waals surface area (Å²) in [6.07, 6.45) is 0.438. The van der Waals surface area contributed by atoms with Gasteiger partial charge < -0.3 is 10.1 Å². The monoisotopic (exact) mass is 606 g/mol. The van der Waals surface area contributed by atoms with Crippen molar-refractivity contribution < 1.29 is 13.9 Å². The number of amides is 1. The fourth-order valence-electron chi connectivity index (χ4n) is 4.34. The molecule has 6 nitrogen and oxygen atoms in total. The molecule has 0 bridgehead atoms. The first kappa shape index (κ1) is 28.7. The maximum Gasteiger partial charge on any atom is 0.255 e. The number of carbonyl (C=O) groups is 1. The largest absolute Gasteiger partial charge is 0.496 e. The smallest absolute Gasteiger partial charge is 0.255 e. The maximum atomic E-state index is 13.6. The zero-order valence-corrected chi connectivity index (χ0v) is 24.3. The number of ether oxygens (including phenoxy) is 1. The number of nitrogens with one attached hydrogen (secondary N) is 1. The standard InChI is InChI=1S/C31H25Cl2FN4O2S/c1-40-28-10-6-5-9-24(28)30(39)35-26(17-20-7-3-2-4-8-20)29-36-37-31(41-19-21-11-14-23(34)15-12-21)38(29)27-16-13-22(32)18-25(27)33/h2-16,18,26H,17,19H2,1H3,(H,35,39). The highest BCUT2D eigenvalue weighted by Gasteiger charge is 2.27. The molecule has 1 aromatic heterocycles. The summed E-state index contributed by atoms with van der Waals surface area (Å²) >= 11 is 14.3. The van der Waals surface area contributed by atoms with Crippen LogP contribution in [0.4, 0.5) is 4.39 Å². The van der Waals surface area contributed by atoms with Crippen LogP contribution in [0.1, 0.15) is 33.4 Å². The molecule has 1 amide bonds. The lowest BCUT2D eigenvalue weighted by Gasteiger charge is -2.21. The second-order valence-electron chi connectivity index (χ2n) is 9.10. The Kier molecular flexibility index (Phi) is 9.24. The fourth-order valence-corrected chi connectivity index (χ4v) is 5.74. The van der Waals surface area contributed by atoms with Crippen LogP contribution >= 0.6 is 35.0 Å². The van der Waals surface area contributed by atoms with Gasteiger partial charge in [0, 0.05) is 10.8 Å². The SMILES string of the molecule is COc1ccccc1C(=O)NC(Cc1ccccc1)c1nnc(SCc2ccc(F)cc2)n1-c1ccc(Cl)cc1Cl. The predicted octanol–water partition coefficient (Wildman–Crippen LogP) is 7.73. The highest BCUT2D eigenvalue weighted by molar-refractivity contribution is 7.98. The van der Waals surface area contributed by atoms with E-state index in [0.717, 1.165) is 11.1 Å². The number of aromatic nitrogens is 3. The fraction of sp³-hybridized carbons (Fsp3) is 0.129. The lowest BCUT2D eigenvalue weighted by atomic mass is 10.0. The van der Waals surface area contributed by atoms with E-state index in [0.29, 0.717) is 50.2 Å². The molecule has 208 valence electrons. The summed E-state index contributed by atoms with van der Waals surface area (Å²) in [6.45, 7) is 0. The molecule has 10 heteroatoms. The van der Waals surface area contributed by atoms with Gasteiger partial charge in [0.1, 0.15) is 11.6 Å². The molecule has 0 radical (unpaired) electrons. The molecular weight excluding hydrogens is 582 g/mol. The Labute approximate surface area is 251 Å². The van der Waals surface area contributed by atoms with Gasteiger partial charge in [-0.2, -0.15) is 0 Å². The van der Waals surface area contributed by atoms with E-state index in [-0.39, 0.29) is 11.7 Å². The van der Waals surface area contributed by atoms with E-state index in [9.17, 15) is 9.18 Å². The number of carbonyl (C=O) groups excluding carboxylic acids is 1. The van der Waals surface area contributed by atoms with Crippen molar-refractivity contribution in [1.29, 1.82) is 0 Å². The van der Waals surface area contributed by atoms with Crippen LogP contribution in [0, 0.1) is 5.82 Å². The molecule has 5 rings (SSSR count). The third-order valence-corrected chi connectivity index (χ3v) is 7.88. The van der Waals surface area contributed by atoms with Gasteiger partial charge in [0.25, 0.3) is 5.91 Å². The average molecular weight is 608 g/mol. The van der Waals surface area contributed by atoms with Crippen LogP contribution in [-0.4, -0.2) is 27.8 Å². The van der Waals surface area contributed by atoms with E-state index in [4.69, 9.17) is 27.9 Å². The number of hydrogen-bond acceptors (Lipinski definition) is 5. The Balaban J connectivity index is 1.57. The lowest BCUT2D eigenvalue weighted by molar-refractivity contribution is 0.0931. The summed E-state index contributed by atoms with van der Waals surface area (Å²) in [5, 5.41) is 13.6. The third kappa shape index (κ3) is 6.90. The predicted molar refractivity (Wildman–Crippen MR) is 161 cm³/mol. The zero-order chi connectivity index (χ0) is 28.8. The van der Waals surface area contributed by atoms with Gasteiger partial charge in [-0.25, -0.2) is 4.39 Å². The highest BCUT2D eigenvalue weighted by Crippen LogP contribution is 2.33. The van der Waals surface area contributed by atoms with Gasteiger partial charge in [-0.3, -0.25) is 9.36 Å². The first-order valence-corrected chi connectivity index (χ1v) is 14.4. The van der Waals surface area contributed by atoms with Crippen molar-refractivity contribution >= 4 is 40.9 Å². The van der Waals surface area contributed by atoms with Crippen LogP contribution < -0.4 is 10.1 Å². The molecule has 0 aliphatic carbocycles. The van der Waals surface area contributed by atoms with Crippen LogP contribution in [0.15, 0.2) is 102 Å². The van der Waals surface area contributed by atoms with Gasteiger partial charge in [0.15, 0.2) is 11.0 Å². The summed E-state index contributed by atoms with van der Waals surface area (Å²) in [7, 11) is 1.53. The van der Waals surface area contributed by atoms with Crippen molar-refractivity contribution in [3.8, 4) is 11.4 Å². The number of benzene rings is 4. The summed E-state index contributed by atoms with van der Waals surface area (Å²) in [4.78, 5) is 13.6. The van der Waals surface area contributed by atoms with E-state index in [1.165, 1.54) is 31.0 Å². The number of thioether (sulfide) groups is 1. The molecule has 0 aliphatic heterocycles. The molecule has 0 saturated heterocycles. The van der Waals surface area contributed by atoms with Crippen molar-refractivity contribution in [2.45, 2.75) is 23.4 Å². The average Bonchev–Trinajstić information content (AvgIpc) is 3.40. The van der Waals surface area contributed by atoms with Crippen molar-refractivity contribution in [1.82, 2.24) is 20.1 Å². The topological polar surface area (TPSA) is 69.0 Å². The molecular formula is C31H25Cl2FN4O2S. The first-order chi connectivity index (χ1) is 19.9. The zero-order valence-electron chi connectivity index (χ0n) is 21.9. The molecule has 41 heavy (non-hydrogen) atoms. The molecule has 5 aromatic rings. The van der Waals surface area contributed by atoms with Crippen molar-refractivity contribution in [2.75, 3.05) is 7.11 Å². The Morgan fingerprint density at radius 2 is 1.68 bits per heavy atom. The molecule has 1 heterocycles. The van der Waals surface area contributed by atoms with Crippen LogP contribution in [0.5, 0.6) is 5.75 Å². The quantitative estimate of drug-likeness (QED) is 0.165. The van der Waals surface area contributed by atoms with E-state index in [1.54, 1.807) is 54.6 Å². The minimum Gasteiger partial charge on any atom is -0.496 e. The van der Waals surface area contributed by atoms with Gasteiger partial charge in [-0.05, 0) is 60.0 Å². The normalized spacial score (nSPS) is 11.7. The summed E-state index contributed by atoms with van der Waals surface area (Å²) in [5.41, 5.74) is 2.92. The molecule has 1 atom stereocenters. The van der Waals surface area contributed by atoms with Crippen molar-refractivity contribution in [2.24, 2.45) is 0 Å². The number of methoxy groups -OCH3 is 1. The van der Waals surface area contributed by atoms with Crippen LogP contribution in [0.25, 0.3) is 5.69 Å². The third-order valence-electron chi connectivity index (χ3n) is 6.34. The van der Waals surface area contributed by atoms with Crippen LogP contribution in [-0.2, 0) is 12.2 Å². The number of nitrogens with zero attached hydrogens (tertiary/aromatic N) is 3. The van der Waals surface area contributed by atoms with Gasteiger partial charge in [-0.1, -0.05) is 89.6 Å². The van der Waals surface area contributed by atoms with E-state index in [2.05, 4.69) is 15.5 Å². The van der Waals surface area contributed by atoms with Gasteiger partial charge >= 0.3 is 0 Å². The number of para-hydroxylation sites is 1. The van der Waals surface area contributed by atoms with Crippen molar-refractivity contribution in [3.05, 3.63) is 135 Å². The molecule has 0 aliphatic rings. The minimum absolute atomic E-state index is 0.299. The summed E-state index contributed by atoms with van der Waals surface area (Å²) in [6, 6.07) is 27.7. The van der Waals surface area contributed by atoms with Gasteiger partial charge in [0.2, 0.25) is 0 Å². The summed E-state index contributed by atoms with van der Waals surface area (Å²) < 4.78 is 20.7. The first-order valence-electron chi connectivity index (χ1n) is 12.7. The Morgan fingerprint density at radius 3 is 2.41 bits per heavy atom. The minimum atomic E-state index is -0.589. The van der Waals surface area contributed by atoms with Gasteiger partial charge in [0.05, 0.1) is 29.4 Å². The van der Waals surface area contributed by atoms with Crippen LogP contribution in [0.3, 0.4) is 0 Å². The molecule has 1 N–H and O–H groups in total. The van der Waals surface area contributed by atoms with Crippen LogP contribution in [0.2, 0.25) is 10.0 Å². The molecule has 4 aromatic carbocycles. The second kappa shape index (κ2) is 13.2. The highest BCUT2D eigenvalue weighted by atomic mass is 35.5. The van der Waals surface area contributed by atoms with E-state index in [1.807, 2.05) is 34.9 Å². The maximum absolute atomic E-state index is 13.6. The summed E-state index contributed by atoms with van der Waals surface area (Å²) in [5.74, 6) is 0.845. The number of hydrogen-bond donors (Lipinski definition) is 1. The Hall–Kier alpha value is -3.85. The Morgan fingerprint density at radius 1 is 0.951 bits per heavy atom. The number of rotatable bonds is 10. The van der Waals surface area contributed by atoms with Crippen molar-refractivity contribution in [3.63, 3.8) is 0 Å². The lowest BCUT2D eigenvalue weighted by Crippen LogP contribution is -2.32. The Bertz CT molecular complexity index is 1650. The second-order valence-corrected chi connectivity index (χ2v) is 10.9. The van der Waals surface area contributed by atoms with Gasteiger partial charge in [-0.15, -0.1) is 10.2 Å². The molecule has 1 unspecified atom stereocenters. The number of halogens is 3. The molecule has 0 spiro atoms. The van der Waals surface area contributed by atoms with E-state index < -0.39 is 6.04 Å². The molecule has 0 fully saturated rings.